The lowest BCUT2D eigenvalue weighted by atomic mass is 9.83. The Labute approximate surface area is 121 Å². The molecule has 0 spiro atoms. The Morgan fingerprint density at radius 3 is 2.90 bits per heavy atom. The maximum Gasteiger partial charge on any atom is 0.0416 e. The Hall–Kier alpha value is -1.67. The van der Waals surface area contributed by atoms with Gasteiger partial charge < -0.3 is 5.32 Å². The van der Waals surface area contributed by atoms with Crippen molar-refractivity contribution < 1.29 is 0 Å². The van der Waals surface area contributed by atoms with Crippen LogP contribution in [0, 0.1) is 0 Å². The molecule has 1 aliphatic carbocycles. The molecule has 2 heteroatoms. The Balaban J connectivity index is 1.50. The van der Waals surface area contributed by atoms with Crippen LogP contribution in [-0.4, -0.2) is 18.1 Å². The molecule has 1 aliphatic rings. The van der Waals surface area contributed by atoms with Crippen molar-refractivity contribution in [3.05, 3.63) is 65.5 Å². The summed E-state index contributed by atoms with van der Waals surface area (Å²) in [6, 6.07) is 15.0. The van der Waals surface area contributed by atoms with Crippen molar-refractivity contribution in [2.75, 3.05) is 13.1 Å². The van der Waals surface area contributed by atoms with Crippen molar-refractivity contribution in [2.45, 2.75) is 31.6 Å². The monoisotopic (exact) mass is 266 g/mol. The fourth-order valence-corrected chi connectivity index (χ4v) is 3.11. The van der Waals surface area contributed by atoms with Crippen LogP contribution in [0.5, 0.6) is 0 Å². The molecule has 1 heterocycles. The Morgan fingerprint density at radius 1 is 1.10 bits per heavy atom. The molecule has 104 valence electrons. The van der Waals surface area contributed by atoms with E-state index in [0.29, 0.717) is 5.92 Å². The second kappa shape index (κ2) is 6.67. The number of nitrogens with one attached hydrogen (secondary N) is 1. The molecular formula is C18H22N2. The highest BCUT2D eigenvalue weighted by Gasteiger charge is 2.18. The van der Waals surface area contributed by atoms with Gasteiger partial charge in [0.05, 0.1) is 0 Å². The minimum absolute atomic E-state index is 0.684. The van der Waals surface area contributed by atoms with Crippen molar-refractivity contribution >= 4 is 0 Å². The van der Waals surface area contributed by atoms with Gasteiger partial charge in [0.15, 0.2) is 0 Å². The molecule has 2 nitrogen and oxygen atoms in total. The number of fused-ring (bicyclic) bond motifs is 1. The smallest absolute Gasteiger partial charge is 0.0416 e. The molecule has 0 bridgehead atoms. The number of benzene rings is 1. The third-order valence-corrected chi connectivity index (χ3v) is 4.17. The molecule has 1 atom stereocenters. The molecule has 1 aromatic heterocycles. The molecule has 0 amide bonds. The van der Waals surface area contributed by atoms with E-state index in [0.717, 1.165) is 19.5 Å². The van der Waals surface area contributed by atoms with Crippen molar-refractivity contribution in [1.29, 1.82) is 0 Å². The summed E-state index contributed by atoms with van der Waals surface area (Å²) >= 11 is 0. The first-order valence-electron chi connectivity index (χ1n) is 7.62. The maximum atomic E-state index is 4.36. The second-order valence-corrected chi connectivity index (χ2v) is 5.56. The highest BCUT2D eigenvalue weighted by molar-refractivity contribution is 5.32. The van der Waals surface area contributed by atoms with Crippen LogP contribution < -0.4 is 5.32 Å². The van der Waals surface area contributed by atoms with E-state index in [2.05, 4.69) is 46.7 Å². The van der Waals surface area contributed by atoms with Gasteiger partial charge in [-0.2, -0.15) is 0 Å². The first-order chi connectivity index (χ1) is 9.93. The molecule has 0 saturated heterocycles. The molecule has 1 unspecified atom stereocenters. The standard InChI is InChI=1S/C18H22N2/c1-2-10-18-15(6-1)7-5-8-16(18)14-19-13-11-17-9-3-4-12-20-17/h1-4,6,9-10,12,16,19H,5,7-8,11,13-14H2. The molecule has 3 rings (SSSR count). The highest BCUT2D eigenvalue weighted by Crippen LogP contribution is 2.30. The van der Waals surface area contributed by atoms with Crippen LogP contribution in [0.1, 0.15) is 35.6 Å². The van der Waals surface area contributed by atoms with E-state index in [-0.39, 0.29) is 0 Å². The quantitative estimate of drug-likeness (QED) is 0.840. The van der Waals surface area contributed by atoms with Gasteiger partial charge in [0.1, 0.15) is 0 Å². The van der Waals surface area contributed by atoms with Crippen molar-refractivity contribution in [3.63, 3.8) is 0 Å². The van der Waals surface area contributed by atoms with Gasteiger partial charge in [-0.1, -0.05) is 30.3 Å². The summed E-state index contributed by atoms with van der Waals surface area (Å²) in [6.07, 6.45) is 6.76. The van der Waals surface area contributed by atoms with E-state index >= 15 is 0 Å². The minimum atomic E-state index is 0.684. The number of pyridine rings is 1. The van der Waals surface area contributed by atoms with Gasteiger partial charge in [-0.25, -0.2) is 0 Å². The third-order valence-electron chi connectivity index (χ3n) is 4.17. The molecule has 0 aliphatic heterocycles. The second-order valence-electron chi connectivity index (χ2n) is 5.56. The Bertz CT molecular complexity index is 536. The van der Waals surface area contributed by atoms with E-state index < -0.39 is 0 Å². The van der Waals surface area contributed by atoms with Gasteiger partial charge in [0.2, 0.25) is 0 Å². The summed E-state index contributed by atoms with van der Waals surface area (Å²) in [5, 5.41) is 3.60. The van der Waals surface area contributed by atoms with Crippen LogP contribution in [0.4, 0.5) is 0 Å². The molecule has 20 heavy (non-hydrogen) atoms. The summed E-state index contributed by atoms with van der Waals surface area (Å²) in [7, 11) is 0. The molecule has 2 aromatic rings. The lowest BCUT2D eigenvalue weighted by Gasteiger charge is -2.25. The van der Waals surface area contributed by atoms with Gasteiger partial charge in [-0.05, 0) is 48.4 Å². The van der Waals surface area contributed by atoms with Crippen molar-refractivity contribution in [3.8, 4) is 0 Å². The van der Waals surface area contributed by atoms with Gasteiger partial charge in [0.25, 0.3) is 0 Å². The van der Waals surface area contributed by atoms with Crippen LogP contribution in [0.3, 0.4) is 0 Å². The van der Waals surface area contributed by atoms with Crippen molar-refractivity contribution in [2.24, 2.45) is 0 Å². The van der Waals surface area contributed by atoms with Gasteiger partial charge in [0, 0.05) is 31.4 Å². The largest absolute Gasteiger partial charge is 0.316 e. The van der Waals surface area contributed by atoms with E-state index in [4.69, 9.17) is 0 Å². The van der Waals surface area contributed by atoms with Crippen LogP contribution in [-0.2, 0) is 12.8 Å². The minimum Gasteiger partial charge on any atom is -0.316 e. The predicted molar refractivity (Wildman–Crippen MR) is 82.9 cm³/mol. The molecular weight excluding hydrogens is 244 g/mol. The zero-order chi connectivity index (χ0) is 13.6. The Kier molecular flexibility index (Phi) is 4.44. The van der Waals surface area contributed by atoms with E-state index in [9.17, 15) is 0 Å². The van der Waals surface area contributed by atoms with Gasteiger partial charge in [-0.3, -0.25) is 4.98 Å². The molecule has 0 radical (unpaired) electrons. The van der Waals surface area contributed by atoms with Gasteiger partial charge in [-0.15, -0.1) is 0 Å². The van der Waals surface area contributed by atoms with Crippen LogP contribution in [0.15, 0.2) is 48.7 Å². The fourth-order valence-electron chi connectivity index (χ4n) is 3.11. The number of nitrogens with zero attached hydrogens (tertiary/aromatic N) is 1. The normalized spacial score (nSPS) is 17.7. The zero-order valence-corrected chi connectivity index (χ0v) is 11.9. The average Bonchev–Trinajstić information content (AvgIpc) is 2.53. The SMILES string of the molecule is c1ccc(CCNCC2CCCc3ccccc32)nc1. The molecule has 0 saturated carbocycles. The number of hydrogen-bond acceptors (Lipinski definition) is 2. The average molecular weight is 266 g/mol. The fraction of sp³-hybridized carbons (Fsp3) is 0.389. The Morgan fingerprint density at radius 2 is 2.00 bits per heavy atom. The van der Waals surface area contributed by atoms with E-state index in [1.165, 1.54) is 25.0 Å². The third kappa shape index (κ3) is 3.26. The van der Waals surface area contributed by atoms with Gasteiger partial charge >= 0.3 is 0 Å². The summed E-state index contributed by atoms with van der Waals surface area (Å²) < 4.78 is 0. The van der Waals surface area contributed by atoms with Crippen LogP contribution in [0.25, 0.3) is 0 Å². The summed E-state index contributed by atoms with van der Waals surface area (Å²) in [5.74, 6) is 0.684. The van der Waals surface area contributed by atoms with Crippen LogP contribution >= 0.6 is 0 Å². The molecule has 1 N–H and O–H groups in total. The lowest BCUT2D eigenvalue weighted by Crippen LogP contribution is -2.26. The highest BCUT2D eigenvalue weighted by atomic mass is 14.9. The number of rotatable bonds is 5. The summed E-state index contributed by atoms with van der Waals surface area (Å²) in [5.41, 5.74) is 4.28. The first kappa shape index (κ1) is 13.3. The summed E-state index contributed by atoms with van der Waals surface area (Å²) in [6.45, 7) is 2.10. The van der Waals surface area contributed by atoms with Crippen LogP contribution in [0.2, 0.25) is 0 Å². The van der Waals surface area contributed by atoms with E-state index in [1.807, 2.05) is 12.3 Å². The number of hydrogen-bond donors (Lipinski definition) is 1. The first-order valence-corrected chi connectivity index (χ1v) is 7.62. The molecule has 1 aromatic carbocycles. The predicted octanol–water partition coefficient (Wildman–Crippen LogP) is 3.33. The topological polar surface area (TPSA) is 24.9 Å². The number of aryl methyl sites for hydroxylation is 1. The zero-order valence-electron chi connectivity index (χ0n) is 11.9. The molecule has 0 fully saturated rings. The van der Waals surface area contributed by atoms with E-state index in [1.54, 1.807) is 11.1 Å². The lowest BCUT2D eigenvalue weighted by molar-refractivity contribution is 0.508. The van der Waals surface area contributed by atoms with Crippen molar-refractivity contribution in [1.82, 2.24) is 10.3 Å². The maximum absolute atomic E-state index is 4.36. The number of aromatic nitrogens is 1. The summed E-state index contributed by atoms with van der Waals surface area (Å²) in [4.78, 5) is 4.36.